The number of nitriles is 1. The van der Waals surface area contributed by atoms with Crippen molar-refractivity contribution in [3.05, 3.63) is 123 Å². The Kier molecular flexibility index (Phi) is 13.4. The number of carboxylic acid groups (broad SMARTS) is 1. The van der Waals surface area contributed by atoms with Crippen LogP contribution in [-0.2, 0) is 24.4 Å². The van der Waals surface area contributed by atoms with Gasteiger partial charge >= 0.3 is 5.97 Å². The number of nitrogens with one attached hydrogen (secondary N) is 2. The van der Waals surface area contributed by atoms with Gasteiger partial charge in [0.1, 0.15) is 41.7 Å². The maximum absolute atomic E-state index is 11.9. The third kappa shape index (κ3) is 9.39. The highest BCUT2D eigenvalue weighted by atomic mass is 35.5. The van der Waals surface area contributed by atoms with Crippen molar-refractivity contribution in [2.24, 2.45) is 0 Å². The van der Waals surface area contributed by atoms with Crippen LogP contribution in [0.5, 0.6) is 17.5 Å². The number of nitrogens with zero attached hydrogens (tertiary/aromatic N) is 3. The average Bonchev–Trinajstić information content (AvgIpc) is 3.63. The van der Waals surface area contributed by atoms with Crippen LogP contribution in [-0.4, -0.2) is 69.7 Å². The van der Waals surface area contributed by atoms with E-state index in [-0.39, 0.29) is 42.6 Å². The van der Waals surface area contributed by atoms with Gasteiger partial charge in [-0.2, -0.15) is 10.2 Å². The lowest BCUT2D eigenvalue weighted by molar-refractivity contribution is -0.145. The Morgan fingerprint density at radius 3 is 2.50 bits per heavy atom. The lowest BCUT2D eigenvalue weighted by Gasteiger charge is -2.24. The van der Waals surface area contributed by atoms with E-state index in [1.54, 1.807) is 18.3 Å². The minimum Gasteiger partial charge on any atom is -0.492 e. The summed E-state index contributed by atoms with van der Waals surface area (Å²) in [6.45, 7) is 2.40. The van der Waals surface area contributed by atoms with Gasteiger partial charge in [-0.15, -0.1) is 0 Å². The molecule has 5 N–H and O–H groups in total. The van der Waals surface area contributed by atoms with E-state index in [1.807, 2.05) is 54.6 Å². The van der Waals surface area contributed by atoms with E-state index in [1.165, 1.54) is 13.1 Å². The first-order chi connectivity index (χ1) is 27.1. The first-order valence-corrected chi connectivity index (χ1v) is 18.8. The molecule has 0 spiro atoms. The zero-order valence-electron chi connectivity index (χ0n) is 30.6. The first-order valence-electron chi connectivity index (χ1n) is 18.0. The summed E-state index contributed by atoms with van der Waals surface area (Å²) >= 11 is 13.9. The molecule has 0 aliphatic heterocycles. The van der Waals surface area contributed by atoms with Crippen LogP contribution in [0.1, 0.15) is 47.3 Å². The fourth-order valence-electron chi connectivity index (χ4n) is 6.36. The number of aliphatic hydroxyl groups is 2. The number of carbonyl (C=O) groups is 1. The molecule has 56 heavy (non-hydrogen) atoms. The minimum atomic E-state index is -1.63. The number of fused-ring (bicyclic) bond motifs is 1. The number of aliphatic carboxylic acids is 1. The standard InChI is InChI=1S/C42H41Cl2N5O7/c1-42(25-51,41(52)53)48-23-29-19-36(43)40(49-39(29)55-24-27-18-26(20-45)21-47-22-27)56-37-13-12-33-32(5-3-6-34(33)37)35-7-2-4-31(38(35)44)28-8-10-30(11-9-28)54-17-15-46-14-16-50/h2-11,18-19,21-22,37,46,48,50-51H,12-17,23-25H2,1H3,(H,52,53)/t37-,42?/m0/s1. The third-order valence-corrected chi connectivity index (χ3v) is 10.2. The van der Waals surface area contributed by atoms with Gasteiger partial charge in [-0.25, -0.2) is 0 Å². The van der Waals surface area contributed by atoms with E-state index >= 15 is 0 Å². The molecule has 0 saturated carbocycles. The van der Waals surface area contributed by atoms with Gasteiger partial charge in [0.15, 0.2) is 0 Å². The Hall–Kier alpha value is -5.26. The van der Waals surface area contributed by atoms with Crippen LogP contribution < -0.4 is 24.8 Å². The van der Waals surface area contributed by atoms with E-state index < -0.39 is 18.1 Å². The van der Waals surface area contributed by atoms with Gasteiger partial charge < -0.3 is 34.8 Å². The Bertz CT molecular complexity index is 2220. The summed E-state index contributed by atoms with van der Waals surface area (Å²) in [5.74, 6) is -0.221. The number of rotatable bonds is 18. The molecule has 0 bridgehead atoms. The molecule has 12 nitrogen and oxygen atoms in total. The maximum atomic E-state index is 11.9. The molecule has 0 fully saturated rings. The normalized spacial score (nSPS) is 14.4. The Labute approximate surface area is 334 Å². The van der Waals surface area contributed by atoms with Crippen LogP contribution in [0, 0.1) is 11.3 Å². The second-order valence-electron chi connectivity index (χ2n) is 13.4. The SMILES string of the molecule is CC(CO)(NCc1cc(Cl)c(O[C@H]2CCc3c(-c4cccc(-c5ccc(OCCNCCO)cc5)c4Cl)cccc32)nc1OCc1cncc(C#N)c1)C(=O)O. The largest absolute Gasteiger partial charge is 0.492 e. The first kappa shape index (κ1) is 40.4. The highest BCUT2D eigenvalue weighted by Gasteiger charge is 2.33. The quantitative estimate of drug-likeness (QED) is 0.0608. The molecule has 5 aromatic rings. The second kappa shape index (κ2) is 18.6. The Morgan fingerprint density at radius 2 is 1.75 bits per heavy atom. The molecular formula is C42H41Cl2N5O7. The molecular weight excluding hydrogens is 757 g/mol. The molecule has 2 atom stereocenters. The van der Waals surface area contributed by atoms with Crippen molar-refractivity contribution in [3.63, 3.8) is 0 Å². The number of carboxylic acids is 1. The van der Waals surface area contributed by atoms with Gasteiger partial charge in [0.25, 0.3) is 0 Å². The molecule has 14 heteroatoms. The summed E-state index contributed by atoms with van der Waals surface area (Å²) in [5, 5.41) is 44.5. The number of aromatic nitrogens is 2. The number of ether oxygens (including phenoxy) is 3. The van der Waals surface area contributed by atoms with Gasteiger partial charge in [0, 0.05) is 54.3 Å². The number of aliphatic hydroxyl groups excluding tert-OH is 2. The summed E-state index contributed by atoms with van der Waals surface area (Å²) < 4.78 is 18.4. The van der Waals surface area contributed by atoms with Gasteiger partial charge in [-0.3, -0.25) is 15.1 Å². The number of halogens is 2. The maximum Gasteiger partial charge on any atom is 0.326 e. The molecule has 2 aromatic heterocycles. The van der Waals surface area contributed by atoms with Crippen LogP contribution >= 0.6 is 23.2 Å². The van der Waals surface area contributed by atoms with E-state index in [0.29, 0.717) is 47.8 Å². The molecule has 0 amide bonds. The Balaban J connectivity index is 1.24. The fourth-order valence-corrected chi connectivity index (χ4v) is 6.92. The van der Waals surface area contributed by atoms with Crippen molar-refractivity contribution in [2.45, 2.75) is 44.6 Å². The van der Waals surface area contributed by atoms with Crippen molar-refractivity contribution in [3.8, 4) is 45.8 Å². The number of hydrogen-bond acceptors (Lipinski definition) is 11. The highest BCUT2D eigenvalue weighted by Crippen LogP contribution is 2.45. The second-order valence-corrected chi connectivity index (χ2v) is 14.2. The molecule has 6 rings (SSSR count). The van der Waals surface area contributed by atoms with Gasteiger partial charge in [0.2, 0.25) is 11.8 Å². The van der Waals surface area contributed by atoms with E-state index in [9.17, 15) is 20.3 Å². The zero-order valence-corrected chi connectivity index (χ0v) is 32.1. The number of hydrogen-bond donors (Lipinski definition) is 5. The summed E-state index contributed by atoms with van der Waals surface area (Å²) in [6, 6.07) is 25.1. The molecule has 1 aliphatic rings. The summed E-state index contributed by atoms with van der Waals surface area (Å²) in [7, 11) is 0. The lowest BCUT2D eigenvalue weighted by Crippen LogP contribution is -2.52. The molecule has 3 aromatic carbocycles. The lowest BCUT2D eigenvalue weighted by atomic mass is 9.94. The van der Waals surface area contributed by atoms with Crippen molar-refractivity contribution in [2.75, 3.05) is 32.9 Å². The topological polar surface area (TPSA) is 179 Å². The number of benzene rings is 3. The molecule has 290 valence electrons. The van der Waals surface area contributed by atoms with Gasteiger partial charge in [0.05, 0.1) is 23.8 Å². The van der Waals surface area contributed by atoms with Crippen molar-refractivity contribution >= 4 is 29.2 Å². The minimum absolute atomic E-state index is 0.0109. The summed E-state index contributed by atoms with van der Waals surface area (Å²) in [4.78, 5) is 20.6. The van der Waals surface area contributed by atoms with E-state index in [2.05, 4.69) is 32.7 Å². The molecule has 0 saturated heterocycles. The third-order valence-electron chi connectivity index (χ3n) is 9.50. The molecule has 0 radical (unpaired) electrons. The monoisotopic (exact) mass is 797 g/mol. The predicted octanol–water partition coefficient (Wildman–Crippen LogP) is 6.52. The smallest absolute Gasteiger partial charge is 0.326 e. The number of pyridine rings is 2. The van der Waals surface area contributed by atoms with E-state index in [4.69, 9.17) is 42.5 Å². The molecule has 2 heterocycles. The molecule has 1 unspecified atom stereocenters. The highest BCUT2D eigenvalue weighted by molar-refractivity contribution is 6.36. The average molecular weight is 799 g/mol. The predicted molar refractivity (Wildman–Crippen MR) is 212 cm³/mol. The van der Waals surface area contributed by atoms with Gasteiger partial charge in [-0.1, -0.05) is 71.7 Å². The van der Waals surface area contributed by atoms with Crippen LogP contribution in [0.25, 0.3) is 22.3 Å². The summed E-state index contributed by atoms with van der Waals surface area (Å²) in [6.07, 6.45) is 4.00. The van der Waals surface area contributed by atoms with E-state index in [0.717, 1.165) is 45.6 Å². The van der Waals surface area contributed by atoms with Crippen LogP contribution in [0.2, 0.25) is 10.0 Å². The van der Waals surface area contributed by atoms with Crippen LogP contribution in [0.4, 0.5) is 0 Å². The van der Waals surface area contributed by atoms with Crippen LogP contribution in [0.15, 0.2) is 85.2 Å². The zero-order chi connectivity index (χ0) is 39.7. The van der Waals surface area contributed by atoms with Crippen molar-refractivity contribution in [1.82, 2.24) is 20.6 Å². The van der Waals surface area contributed by atoms with Crippen LogP contribution in [0.3, 0.4) is 0 Å². The Morgan fingerprint density at radius 1 is 0.982 bits per heavy atom. The van der Waals surface area contributed by atoms with Crippen molar-refractivity contribution in [1.29, 1.82) is 5.26 Å². The summed E-state index contributed by atoms with van der Waals surface area (Å²) in [5.41, 5.74) is 5.61. The van der Waals surface area contributed by atoms with Crippen molar-refractivity contribution < 1.29 is 34.3 Å². The van der Waals surface area contributed by atoms with Gasteiger partial charge in [-0.05, 0) is 66.3 Å². The fraction of sp³-hybridized carbons (Fsp3) is 0.286. The molecule has 1 aliphatic carbocycles.